The van der Waals surface area contributed by atoms with E-state index in [9.17, 15) is 0 Å². The number of hydrogen-bond donors (Lipinski definition) is 1. The molecule has 0 spiro atoms. The van der Waals surface area contributed by atoms with Crippen LogP contribution in [0, 0.1) is 6.92 Å². The summed E-state index contributed by atoms with van der Waals surface area (Å²) in [6.07, 6.45) is 1.94. The largest absolute Gasteiger partial charge is 0.493 e. The topological polar surface area (TPSA) is 21.3 Å². The molecule has 0 aliphatic heterocycles. The zero-order valence-electron chi connectivity index (χ0n) is 17.6. The minimum absolute atomic E-state index is 0.679. The smallest absolute Gasteiger partial charge is 0.124 e. The van der Waals surface area contributed by atoms with Gasteiger partial charge in [-0.25, -0.2) is 0 Å². The van der Waals surface area contributed by atoms with E-state index in [1.54, 1.807) is 0 Å². The van der Waals surface area contributed by atoms with Crippen molar-refractivity contribution < 1.29 is 4.74 Å². The van der Waals surface area contributed by atoms with Crippen molar-refractivity contribution >= 4 is 10.8 Å². The molecule has 0 saturated carbocycles. The van der Waals surface area contributed by atoms with Crippen molar-refractivity contribution in [3.8, 4) is 5.75 Å². The zero-order chi connectivity index (χ0) is 20.6. The van der Waals surface area contributed by atoms with Gasteiger partial charge in [-0.1, -0.05) is 84.9 Å². The molecule has 0 atom stereocenters. The van der Waals surface area contributed by atoms with Gasteiger partial charge in [0.15, 0.2) is 0 Å². The Morgan fingerprint density at radius 3 is 2.37 bits per heavy atom. The molecule has 2 heteroatoms. The summed E-state index contributed by atoms with van der Waals surface area (Å²) in [7, 11) is 0. The lowest BCUT2D eigenvalue weighted by molar-refractivity contribution is 0.318. The lowest BCUT2D eigenvalue weighted by atomic mass is 10.0. The molecule has 30 heavy (non-hydrogen) atoms. The average Bonchev–Trinajstić information content (AvgIpc) is 2.79. The summed E-state index contributed by atoms with van der Waals surface area (Å²) < 4.78 is 6.24. The van der Waals surface area contributed by atoms with Crippen LogP contribution in [0.4, 0.5) is 0 Å². The van der Waals surface area contributed by atoms with Crippen LogP contribution in [0.3, 0.4) is 0 Å². The number of fused-ring (bicyclic) bond motifs is 1. The summed E-state index contributed by atoms with van der Waals surface area (Å²) in [5, 5.41) is 6.15. The molecule has 4 rings (SSSR count). The van der Waals surface area contributed by atoms with Crippen LogP contribution in [0.15, 0.2) is 91.0 Å². The van der Waals surface area contributed by atoms with Crippen molar-refractivity contribution in [2.24, 2.45) is 0 Å². The summed E-state index contributed by atoms with van der Waals surface area (Å²) in [6.45, 7) is 4.60. The third-order valence-corrected chi connectivity index (χ3v) is 5.62. The van der Waals surface area contributed by atoms with Gasteiger partial charge in [-0.15, -0.1) is 0 Å². The van der Waals surface area contributed by atoms with Crippen LogP contribution in [-0.2, 0) is 19.4 Å². The molecule has 0 bridgehead atoms. The van der Waals surface area contributed by atoms with Gasteiger partial charge in [0.1, 0.15) is 5.75 Å². The molecule has 0 heterocycles. The number of nitrogens with one attached hydrogen (secondary N) is 1. The van der Waals surface area contributed by atoms with Gasteiger partial charge >= 0.3 is 0 Å². The highest BCUT2D eigenvalue weighted by Crippen LogP contribution is 2.28. The van der Waals surface area contributed by atoms with Gasteiger partial charge in [0.2, 0.25) is 0 Å². The number of benzene rings is 4. The molecule has 0 aliphatic rings. The highest BCUT2D eigenvalue weighted by Gasteiger charge is 2.09. The highest BCUT2D eigenvalue weighted by atomic mass is 16.5. The van der Waals surface area contributed by atoms with Crippen LogP contribution < -0.4 is 10.1 Å². The SMILES string of the molecule is Cc1ccccc1CCNCc1c(OCCc2ccccc2)ccc2ccccc12. The van der Waals surface area contributed by atoms with Crippen molar-refractivity contribution in [3.63, 3.8) is 0 Å². The summed E-state index contributed by atoms with van der Waals surface area (Å²) >= 11 is 0. The molecule has 0 radical (unpaired) electrons. The second-order valence-electron chi connectivity index (χ2n) is 7.70. The average molecular weight is 396 g/mol. The van der Waals surface area contributed by atoms with E-state index in [0.717, 1.165) is 31.7 Å². The second-order valence-corrected chi connectivity index (χ2v) is 7.70. The van der Waals surface area contributed by atoms with Crippen molar-refractivity contribution in [3.05, 3.63) is 113 Å². The highest BCUT2D eigenvalue weighted by molar-refractivity contribution is 5.87. The zero-order valence-corrected chi connectivity index (χ0v) is 17.6. The van der Waals surface area contributed by atoms with E-state index in [-0.39, 0.29) is 0 Å². The van der Waals surface area contributed by atoms with Crippen LogP contribution in [0.1, 0.15) is 22.3 Å². The van der Waals surface area contributed by atoms with E-state index in [4.69, 9.17) is 4.74 Å². The molecular formula is C28H29NO. The van der Waals surface area contributed by atoms with E-state index in [1.165, 1.54) is 33.0 Å². The fourth-order valence-corrected chi connectivity index (χ4v) is 3.88. The van der Waals surface area contributed by atoms with Crippen LogP contribution in [0.2, 0.25) is 0 Å². The second kappa shape index (κ2) is 10.1. The Morgan fingerprint density at radius 1 is 0.733 bits per heavy atom. The van der Waals surface area contributed by atoms with Crippen molar-refractivity contribution in [1.82, 2.24) is 5.32 Å². The quantitative estimate of drug-likeness (QED) is 0.346. The van der Waals surface area contributed by atoms with E-state index < -0.39 is 0 Å². The van der Waals surface area contributed by atoms with Crippen molar-refractivity contribution in [1.29, 1.82) is 0 Å². The fraction of sp³-hybridized carbons (Fsp3) is 0.214. The summed E-state index contributed by atoms with van der Waals surface area (Å²) in [4.78, 5) is 0. The third-order valence-electron chi connectivity index (χ3n) is 5.62. The standard InChI is InChI=1S/C28H29NO/c1-22-9-5-6-12-24(22)17-19-29-21-27-26-14-8-7-13-25(26)15-16-28(27)30-20-18-23-10-3-2-4-11-23/h2-16,29H,17-21H2,1H3. The first kappa shape index (κ1) is 20.2. The number of hydrogen-bond acceptors (Lipinski definition) is 2. The molecule has 2 nitrogen and oxygen atoms in total. The lowest BCUT2D eigenvalue weighted by Gasteiger charge is -2.15. The molecule has 0 aromatic heterocycles. The number of aryl methyl sites for hydroxylation is 1. The Balaban J connectivity index is 1.44. The monoisotopic (exact) mass is 395 g/mol. The van der Waals surface area contributed by atoms with Crippen LogP contribution in [0.5, 0.6) is 5.75 Å². The first-order valence-electron chi connectivity index (χ1n) is 10.7. The maximum absolute atomic E-state index is 6.24. The normalized spacial score (nSPS) is 11.0. The number of ether oxygens (including phenoxy) is 1. The molecule has 0 saturated heterocycles. The summed E-state index contributed by atoms with van der Waals surface area (Å²) in [5.74, 6) is 0.980. The van der Waals surface area contributed by atoms with Crippen LogP contribution in [-0.4, -0.2) is 13.2 Å². The van der Waals surface area contributed by atoms with Gasteiger partial charge in [-0.3, -0.25) is 0 Å². The van der Waals surface area contributed by atoms with Gasteiger partial charge in [0.05, 0.1) is 6.61 Å². The third kappa shape index (κ3) is 5.08. The minimum atomic E-state index is 0.679. The molecule has 152 valence electrons. The summed E-state index contributed by atoms with van der Waals surface area (Å²) in [6, 6.07) is 31.9. The van der Waals surface area contributed by atoms with Gasteiger partial charge < -0.3 is 10.1 Å². The van der Waals surface area contributed by atoms with Crippen LogP contribution >= 0.6 is 0 Å². The first-order valence-corrected chi connectivity index (χ1v) is 10.7. The molecule has 0 fully saturated rings. The molecule has 0 aliphatic carbocycles. The van der Waals surface area contributed by atoms with Gasteiger partial charge in [0.25, 0.3) is 0 Å². The summed E-state index contributed by atoms with van der Waals surface area (Å²) in [5.41, 5.74) is 5.30. The van der Waals surface area contributed by atoms with E-state index in [0.29, 0.717) is 6.61 Å². The maximum Gasteiger partial charge on any atom is 0.124 e. The Kier molecular flexibility index (Phi) is 6.79. The maximum atomic E-state index is 6.24. The molecule has 4 aromatic rings. The van der Waals surface area contributed by atoms with E-state index in [2.05, 4.69) is 103 Å². The van der Waals surface area contributed by atoms with Crippen LogP contribution in [0.25, 0.3) is 10.8 Å². The predicted octanol–water partition coefficient (Wildman–Crippen LogP) is 6.10. The molecule has 0 amide bonds. The number of rotatable bonds is 9. The minimum Gasteiger partial charge on any atom is -0.493 e. The lowest BCUT2D eigenvalue weighted by Crippen LogP contribution is -2.18. The Morgan fingerprint density at radius 2 is 1.50 bits per heavy atom. The van der Waals surface area contributed by atoms with Gasteiger partial charge in [-0.2, -0.15) is 0 Å². The van der Waals surface area contributed by atoms with Crippen molar-refractivity contribution in [2.75, 3.05) is 13.2 Å². The van der Waals surface area contributed by atoms with Crippen molar-refractivity contribution in [2.45, 2.75) is 26.3 Å². The van der Waals surface area contributed by atoms with E-state index in [1.807, 2.05) is 0 Å². The fourth-order valence-electron chi connectivity index (χ4n) is 3.88. The molecule has 1 N–H and O–H groups in total. The first-order chi connectivity index (χ1) is 14.8. The van der Waals surface area contributed by atoms with Gasteiger partial charge in [-0.05, 0) is 53.4 Å². The molecule has 4 aromatic carbocycles. The Bertz CT molecular complexity index is 1090. The molecule has 0 unspecified atom stereocenters. The van der Waals surface area contributed by atoms with Gasteiger partial charge in [0, 0.05) is 18.5 Å². The predicted molar refractivity (Wildman–Crippen MR) is 126 cm³/mol. The van der Waals surface area contributed by atoms with E-state index >= 15 is 0 Å². The molecular weight excluding hydrogens is 366 g/mol. The Hall–Kier alpha value is -3.10. The Labute approximate surface area is 179 Å².